The molecule has 3 aliphatic heterocycles. The normalized spacial score (nSPS) is 16.4. The molecule has 0 spiro atoms. The quantitative estimate of drug-likeness (QED) is 0.308. The van der Waals surface area contributed by atoms with E-state index >= 15 is 0 Å². The number of halogens is 1. The van der Waals surface area contributed by atoms with E-state index in [0.717, 1.165) is 74.9 Å². The highest BCUT2D eigenvalue weighted by molar-refractivity contribution is 6.04. The number of ether oxygens (including phenoxy) is 2. The molecule has 4 aliphatic rings. The number of rotatable bonds is 2. The highest BCUT2D eigenvalue weighted by Crippen LogP contribution is 2.43. The van der Waals surface area contributed by atoms with Gasteiger partial charge in [-0.15, -0.1) is 0 Å². The Kier molecular flexibility index (Phi) is 7.07. The number of aryl methyl sites for hydroxylation is 3. The molecule has 2 aromatic rings. The van der Waals surface area contributed by atoms with Gasteiger partial charge in [-0.3, -0.25) is 0 Å². The summed E-state index contributed by atoms with van der Waals surface area (Å²) in [5.41, 5.74) is 9.73. The third kappa shape index (κ3) is 4.52. The van der Waals surface area contributed by atoms with E-state index in [-0.39, 0.29) is 12.4 Å². The Morgan fingerprint density at radius 1 is 0.750 bits per heavy atom. The lowest BCUT2D eigenvalue weighted by Gasteiger charge is -2.29. The highest BCUT2D eigenvalue weighted by Gasteiger charge is 2.23. The van der Waals surface area contributed by atoms with Crippen molar-refractivity contribution in [1.29, 1.82) is 0 Å². The van der Waals surface area contributed by atoms with Gasteiger partial charge >= 0.3 is 0 Å². The van der Waals surface area contributed by atoms with E-state index in [0.29, 0.717) is 0 Å². The van der Waals surface area contributed by atoms with Gasteiger partial charge in [0.2, 0.25) is 5.36 Å². The molecule has 0 atom stereocenters. The molecular weight excluding hydrogens is 472 g/mol. The maximum Gasteiger partial charge on any atom is 0.203 e. The number of fused-ring (bicyclic) bond motifs is 2. The van der Waals surface area contributed by atoms with Crippen LogP contribution in [0.3, 0.4) is 0 Å². The van der Waals surface area contributed by atoms with Gasteiger partial charge in [0, 0.05) is 47.4 Å². The van der Waals surface area contributed by atoms with Gasteiger partial charge in [0.05, 0.1) is 19.3 Å². The van der Waals surface area contributed by atoms with Crippen LogP contribution in [-0.4, -0.2) is 52.6 Å². The van der Waals surface area contributed by atoms with Crippen LogP contribution < -0.4 is 27.2 Å². The first-order chi connectivity index (χ1) is 17.1. The van der Waals surface area contributed by atoms with Crippen molar-refractivity contribution in [3.63, 3.8) is 0 Å². The largest absolute Gasteiger partial charge is 1.00 e. The zero-order valence-corrected chi connectivity index (χ0v) is 22.0. The van der Waals surface area contributed by atoms with E-state index in [1.54, 1.807) is 0 Å². The summed E-state index contributed by atoms with van der Waals surface area (Å²) in [5, 5.41) is 2.35. The van der Waals surface area contributed by atoms with Crippen molar-refractivity contribution in [2.45, 2.75) is 20.8 Å². The Labute approximate surface area is 218 Å². The van der Waals surface area contributed by atoms with Crippen molar-refractivity contribution in [2.75, 3.05) is 57.5 Å². The molecule has 0 bridgehead atoms. The lowest BCUT2D eigenvalue weighted by Crippen LogP contribution is -3.00. The minimum atomic E-state index is 0. The van der Waals surface area contributed by atoms with Gasteiger partial charge < -0.3 is 31.2 Å². The molecule has 188 valence electrons. The Balaban J connectivity index is 0.00000267. The fraction of sp³-hybridized carbons (Fsp3) is 0.367. The van der Waals surface area contributed by atoms with Gasteiger partial charge in [-0.2, -0.15) is 0 Å². The van der Waals surface area contributed by atoms with E-state index in [1.165, 1.54) is 38.9 Å². The van der Waals surface area contributed by atoms with E-state index in [9.17, 15) is 0 Å². The second-order valence-corrected chi connectivity index (χ2v) is 9.81. The zero-order chi connectivity index (χ0) is 23.9. The van der Waals surface area contributed by atoms with Crippen LogP contribution in [-0.2, 0) is 9.47 Å². The van der Waals surface area contributed by atoms with E-state index in [2.05, 4.69) is 78.8 Å². The predicted molar refractivity (Wildman–Crippen MR) is 141 cm³/mol. The molecule has 6 heteroatoms. The van der Waals surface area contributed by atoms with Crippen molar-refractivity contribution >= 4 is 16.7 Å². The maximum atomic E-state index is 6.66. The first-order valence-corrected chi connectivity index (χ1v) is 12.7. The average Bonchev–Trinajstić information content (AvgIpc) is 2.88. The number of benzene rings is 3. The van der Waals surface area contributed by atoms with Crippen molar-refractivity contribution in [3.05, 3.63) is 70.6 Å². The van der Waals surface area contributed by atoms with Gasteiger partial charge in [0.25, 0.3) is 0 Å². The molecule has 3 heterocycles. The first-order valence-electron chi connectivity index (χ1n) is 12.7. The molecule has 0 saturated carbocycles. The van der Waals surface area contributed by atoms with Crippen LogP contribution in [0.25, 0.3) is 33.4 Å². The summed E-state index contributed by atoms with van der Waals surface area (Å²) in [6.07, 6.45) is 0. The number of hydrogen-bond donors (Lipinski definition) is 0. The molecule has 2 saturated heterocycles. The Hall–Kier alpha value is -2.86. The predicted octanol–water partition coefficient (Wildman–Crippen LogP) is 1.77. The first kappa shape index (κ1) is 24.8. The highest BCUT2D eigenvalue weighted by atomic mass is 35.5. The molecule has 0 amide bonds. The Morgan fingerprint density at radius 3 is 2.17 bits per heavy atom. The summed E-state index contributed by atoms with van der Waals surface area (Å²) in [6.45, 7) is 13.3. The topological polar surface area (TPSA) is 37.9 Å². The molecule has 2 aromatic carbocycles. The van der Waals surface area contributed by atoms with Crippen molar-refractivity contribution in [1.82, 2.24) is 4.58 Å². The second-order valence-electron chi connectivity index (χ2n) is 9.81. The third-order valence-corrected chi connectivity index (χ3v) is 7.37. The fourth-order valence-corrected chi connectivity index (χ4v) is 5.75. The Bertz CT molecular complexity index is 1420. The zero-order valence-electron chi connectivity index (χ0n) is 21.3. The molecule has 0 N–H and O–H groups in total. The summed E-state index contributed by atoms with van der Waals surface area (Å²) in [5.74, 6) is 0.926. The van der Waals surface area contributed by atoms with E-state index in [1.807, 2.05) is 0 Å². The summed E-state index contributed by atoms with van der Waals surface area (Å²) in [6, 6.07) is 18.0. The van der Waals surface area contributed by atoms with Crippen LogP contribution in [0, 0.1) is 20.8 Å². The number of morpholine rings is 2. The lowest BCUT2D eigenvalue weighted by molar-refractivity contribution is -0.00000911. The van der Waals surface area contributed by atoms with Crippen molar-refractivity contribution < 1.29 is 26.3 Å². The minimum absolute atomic E-state index is 0. The van der Waals surface area contributed by atoms with Crippen LogP contribution in [0.15, 0.2) is 52.9 Å². The summed E-state index contributed by atoms with van der Waals surface area (Å²) in [4.78, 5) is 2.38. The van der Waals surface area contributed by atoms with Crippen LogP contribution in [0.5, 0.6) is 0 Å². The molecule has 0 aromatic heterocycles. The van der Waals surface area contributed by atoms with Gasteiger partial charge in [-0.1, -0.05) is 17.7 Å². The van der Waals surface area contributed by atoms with Gasteiger partial charge in [-0.05, 0) is 55.7 Å². The van der Waals surface area contributed by atoms with Crippen LogP contribution in [0.4, 0.5) is 5.69 Å². The monoisotopic (exact) mass is 504 g/mol. The summed E-state index contributed by atoms with van der Waals surface area (Å²) >= 11 is 0. The minimum Gasteiger partial charge on any atom is -1.00 e. The fourth-order valence-electron chi connectivity index (χ4n) is 5.75. The van der Waals surface area contributed by atoms with Crippen LogP contribution >= 0.6 is 0 Å². The lowest BCUT2D eigenvalue weighted by atomic mass is 9.87. The third-order valence-electron chi connectivity index (χ3n) is 7.37. The molecule has 2 fully saturated rings. The number of nitrogens with zero attached hydrogens (tertiary/aromatic N) is 2. The molecule has 6 rings (SSSR count). The summed E-state index contributed by atoms with van der Waals surface area (Å²) < 4.78 is 20.2. The maximum absolute atomic E-state index is 6.66. The molecular formula is C30H33ClN2O3. The van der Waals surface area contributed by atoms with Gasteiger partial charge in [0.1, 0.15) is 24.6 Å². The molecule has 0 radical (unpaired) electrons. The molecule has 0 unspecified atom stereocenters. The SMILES string of the molecule is Cc1cc(C)c(-c2c3ccc(=[N+]4CCOCC4)cc-3oc3cc(N4CCOCC4)ccc23)c(C)c1.[Cl-]. The standard InChI is InChI=1S/C30H33N2O3.ClH/c1-20-16-21(2)29(22(3)17-20)30-25-6-4-23(31-8-12-33-13-9-31)18-27(25)35-28-19-24(5-7-26(28)30)32-10-14-34-15-11-32;/h4-7,16-19H,8-15H2,1-3H3;1H/q+1;/p-1. The van der Waals surface area contributed by atoms with Crippen molar-refractivity contribution in [3.8, 4) is 22.5 Å². The van der Waals surface area contributed by atoms with Crippen LogP contribution in [0.2, 0.25) is 0 Å². The van der Waals surface area contributed by atoms with Gasteiger partial charge in [0.15, 0.2) is 13.1 Å². The van der Waals surface area contributed by atoms with Gasteiger partial charge in [-0.25, -0.2) is 4.58 Å². The Morgan fingerprint density at radius 2 is 1.44 bits per heavy atom. The average molecular weight is 505 g/mol. The summed E-state index contributed by atoms with van der Waals surface area (Å²) in [7, 11) is 0. The van der Waals surface area contributed by atoms with E-state index in [4.69, 9.17) is 13.9 Å². The second kappa shape index (κ2) is 10.3. The van der Waals surface area contributed by atoms with Crippen LogP contribution in [0.1, 0.15) is 16.7 Å². The number of anilines is 1. The number of hydrogen-bond acceptors (Lipinski definition) is 4. The molecule has 5 nitrogen and oxygen atoms in total. The molecule has 36 heavy (non-hydrogen) atoms. The van der Waals surface area contributed by atoms with Crippen molar-refractivity contribution in [2.24, 2.45) is 0 Å². The smallest absolute Gasteiger partial charge is 0.203 e. The molecule has 1 aliphatic carbocycles. The van der Waals surface area contributed by atoms with E-state index < -0.39 is 0 Å².